The molecule has 1 aliphatic heterocycles. The summed E-state index contributed by atoms with van der Waals surface area (Å²) in [5, 5.41) is 4.86. The van der Waals surface area contributed by atoms with Gasteiger partial charge in [0.1, 0.15) is 6.61 Å². The van der Waals surface area contributed by atoms with Gasteiger partial charge in [0.05, 0.1) is 31.2 Å². The fraction of sp³-hybridized carbons (Fsp3) is 0.839. The standard InChI is InChI=1S/C31H55N3O5S/c1-3-4-5-6-7-8-9-10-11-12-13-14-15-16-17-18-32-30(35)38-25-28-23-29(37-24-28)26-39-31(36)33(2)19-20-34-21-22-40-27-34/h21-22,27-29H,3-20,23-26H2,1-2H3/p+1. The molecule has 2 atom stereocenters. The van der Waals surface area contributed by atoms with Crippen LogP contribution in [0.5, 0.6) is 0 Å². The lowest BCUT2D eigenvalue weighted by Gasteiger charge is -2.17. The zero-order chi connectivity index (χ0) is 28.7. The third kappa shape index (κ3) is 17.1. The quantitative estimate of drug-likeness (QED) is 0.110. The minimum absolute atomic E-state index is 0.132. The molecule has 2 amide bonds. The van der Waals surface area contributed by atoms with E-state index in [0.717, 1.165) is 19.4 Å². The van der Waals surface area contributed by atoms with Gasteiger partial charge in [-0.15, -0.1) is 0 Å². The van der Waals surface area contributed by atoms with E-state index in [4.69, 9.17) is 14.2 Å². The number of nitrogens with one attached hydrogen (secondary N) is 1. The van der Waals surface area contributed by atoms with Gasteiger partial charge in [-0.2, -0.15) is 4.57 Å². The van der Waals surface area contributed by atoms with Gasteiger partial charge in [0.2, 0.25) is 5.51 Å². The van der Waals surface area contributed by atoms with Crippen molar-refractivity contribution in [3.8, 4) is 0 Å². The van der Waals surface area contributed by atoms with Crippen LogP contribution >= 0.6 is 11.3 Å². The molecule has 9 heteroatoms. The van der Waals surface area contributed by atoms with Crippen LogP contribution in [0, 0.1) is 5.92 Å². The number of thiazole rings is 1. The number of likely N-dealkylation sites (N-methyl/N-ethyl adjacent to an activating group) is 1. The lowest BCUT2D eigenvalue weighted by Crippen LogP contribution is -2.40. The van der Waals surface area contributed by atoms with Crippen LogP contribution in [0.1, 0.15) is 110 Å². The first kappa shape index (κ1) is 34.3. The minimum atomic E-state index is -0.356. The molecule has 0 bridgehead atoms. The zero-order valence-electron chi connectivity index (χ0n) is 25.3. The van der Waals surface area contributed by atoms with Gasteiger partial charge in [-0.3, -0.25) is 0 Å². The highest BCUT2D eigenvalue weighted by Crippen LogP contribution is 2.20. The van der Waals surface area contributed by atoms with Gasteiger partial charge < -0.3 is 24.4 Å². The molecule has 40 heavy (non-hydrogen) atoms. The Morgan fingerprint density at radius 3 is 2.15 bits per heavy atom. The summed E-state index contributed by atoms with van der Waals surface area (Å²) in [6.07, 6.45) is 21.8. The summed E-state index contributed by atoms with van der Waals surface area (Å²) < 4.78 is 18.6. The van der Waals surface area contributed by atoms with Crippen LogP contribution < -0.4 is 9.88 Å². The molecule has 0 aliphatic carbocycles. The Kier molecular flexibility index (Phi) is 19.5. The first-order valence-electron chi connectivity index (χ1n) is 15.9. The van der Waals surface area contributed by atoms with E-state index in [1.54, 1.807) is 23.3 Å². The number of aromatic nitrogens is 1. The van der Waals surface area contributed by atoms with Crippen molar-refractivity contribution in [2.24, 2.45) is 5.92 Å². The van der Waals surface area contributed by atoms with Crippen LogP contribution in [0.15, 0.2) is 17.1 Å². The molecule has 2 unspecified atom stereocenters. The minimum Gasteiger partial charge on any atom is -0.449 e. The molecule has 1 saturated heterocycles. The second-order valence-corrected chi connectivity index (χ2v) is 12.1. The molecule has 1 aromatic rings. The van der Waals surface area contributed by atoms with Gasteiger partial charge in [0, 0.05) is 19.5 Å². The van der Waals surface area contributed by atoms with E-state index in [1.165, 1.54) is 83.5 Å². The summed E-state index contributed by atoms with van der Waals surface area (Å²) in [6, 6.07) is 0. The molecule has 1 aromatic heterocycles. The summed E-state index contributed by atoms with van der Waals surface area (Å²) in [5.41, 5.74) is 2.01. The predicted molar refractivity (Wildman–Crippen MR) is 161 cm³/mol. The van der Waals surface area contributed by atoms with Gasteiger partial charge in [-0.1, -0.05) is 108 Å². The van der Waals surface area contributed by atoms with E-state index in [2.05, 4.69) is 12.2 Å². The second-order valence-electron chi connectivity index (χ2n) is 11.3. The van der Waals surface area contributed by atoms with Crippen molar-refractivity contribution in [2.75, 3.05) is 40.0 Å². The van der Waals surface area contributed by atoms with Crippen LogP contribution in [-0.4, -0.2) is 63.1 Å². The van der Waals surface area contributed by atoms with E-state index in [-0.39, 0.29) is 30.8 Å². The van der Waals surface area contributed by atoms with Crippen LogP contribution in [0.2, 0.25) is 0 Å². The maximum absolute atomic E-state index is 12.2. The van der Waals surface area contributed by atoms with Crippen LogP contribution in [-0.2, 0) is 20.8 Å². The summed E-state index contributed by atoms with van der Waals surface area (Å²) in [5.74, 6) is 0.132. The molecule has 2 heterocycles. The number of nitrogens with zero attached hydrogens (tertiary/aromatic N) is 2. The van der Waals surface area contributed by atoms with E-state index >= 15 is 0 Å². The van der Waals surface area contributed by atoms with Gasteiger partial charge in [-0.25, -0.2) is 9.59 Å². The molecular weight excluding hydrogens is 526 g/mol. The van der Waals surface area contributed by atoms with Crippen molar-refractivity contribution in [1.82, 2.24) is 10.2 Å². The summed E-state index contributed by atoms with van der Waals surface area (Å²) >= 11 is 1.62. The number of ether oxygens (including phenoxy) is 3. The van der Waals surface area contributed by atoms with Gasteiger partial charge in [0.15, 0.2) is 12.7 Å². The molecule has 0 radical (unpaired) electrons. The van der Waals surface area contributed by atoms with Crippen molar-refractivity contribution in [2.45, 2.75) is 122 Å². The van der Waals surface area contributed by atoms with Crippen molar-refractivity contribution in [3.05, 3.63) is 17.1 Å². The SMILES string of the molecule is CCCCCCCCCCCCCCCCCNC(=O)OCC1COC(COC(=O)N(C)CC[n+]2ccsc2)C1. The number of rotatable bonds is 23. The van der Waals surface area contributed by atoms with E-state index < -0.39 is 0 Å². The molecule has 0 aromatic carbocycles. The smallest absolute Gasteiger partial charge is 0.409 e. The number of carbonyl (C=O) groups is 2. The Bertz CT molecular complexity index is 764. The number of hydrogen-bond donors (Lipinski definition) is 1. The average Bonchev–Trinajstić information content (AvgIpc) is 3.65. The van der Waals surface area contributed by atoms with E-state index in [1.807, 2.05) is 21.7 Å². The van der Waals surface area contributed by atoms with Crippen molar-refractivity contribution >= 4 is 23.5 Å². The molecule has 1 fully saturated rings. The number of alkyl carbamates (subject to hydrolysis) is 1. The van der Waals surface area contributed by atoms with Crippen molar-refractivity contribution < 1.29 is 28.4 Å². The average molecular weight is 583 g/mol. The van der Waals surface area contributed by atoms with Crippen LogP contribution in [0.4, 0.5) is 9.59 Å². The highest BCUT2D eigenvalue weighted by molar-refractivity contribution is 7.07. The molecule has 1 aliphatic rings. The Labute approximate surface area is 247 Å². The molecule has 0 spiro atoms. The fourth-order valence-electron chi connectivity index (χ4n) is 4.96. The maximum Gasteiger partial charge on any atom is 0.409 e. The maximum atomic E-state index is 12.2. The Morgan fingerprint density at radius 2 is 1.55 bits per heavy atom. The van der Waals surface area contributed by atoms with Gasteiger partial charge in [-0.05, 0) is 12.8 Å². The number of carbonyl (C=O) groups excluding carboxylic acids is 2. The van der Waals surface area contributed by atoms with Crippen molar-refractivity contribution in [3.63, 3.8) is 0 Å². The normalized spacial score (nSPS) is 16.6. The summed E-state index contributed by atoms with van der Waals surface area (Å²) in [6.45, 7) is 5.31. The first-order valence-corrected chi connectivity index (χ1v) is 16.8. The largest absolute Gasteiger partial charge is 0.449 e. The Morgan fingerprint density at radius 1 is 0.925 bits per heavy atom. The topological polar surface area (TPSA) is 81.0 Å². The van der Waals surface area contributed by atoms with Gasteiger partial charge >= 0.3 is 12.2 Å². The molecule has 2 rings (SSSR count). The number of unbranched alkanes of at least 4 members (excludes halogenated alkanes) is 14. The molecular formula is C31H56N3O5S+. The number of amides is 2. The third-order valence-corrected chi connectivity index (χ3v) is 8.26. The van der Waals surface area contributed by atoms with Crippen molar-refractivity contribution in [1.29, 1.82) is 0 Å². The second kappa shape index (κ2) is 22.8. The highest BCUT2D eigenvalue weighted by Gasteiger charge is 2.28. The van der Waals surface area contributed by atoms with E-state index in [9.17, 15) is 9.59 Å². The third-order valence-electron chi connectivity index (χ3n) is 7.59. The van der Waals surface area contributed by atoms with Gasteiger partial charge in [0.25, 0.3) is 0 Å². The molecule has 0 saturated carbocycles. The molecule has 8 nitrogen and oxygen atoms in total. The lowest BCUT2D eigenvalue weighted by molar-refractivity contribution is -0.691. The Balaban J connectivity index is 1.34. The summed E-state index contributed by atoms with van der Waals surface area (Å²) in [4.78, 5) is 25.8. The summed E-state index contributed by atoms with van der Waals surface area (Å²) in [7, 11) is 1.74. The number of hydrogen-bond acceptors (Lipinski definition) is 6. The lowest BCUT2D eigenvalue weighted by atomic mass is 10.0. The molecule has 1 N–H and O–H groups in total. The van der Waals surface area contributed by atoms with E-state index in [0.29, 0.717) is 32.7 Å². The first-order chi connectivity index (χ1) is 19.6. The van der Waals surface area contributed by atoms with Crippen LogP contribution in [0.25, 0.3) is 0 Å². The monoisotopic (exact) mass is 582 g/mol. The highest BCUT2D eigenvalue weighted by atomic mass is 32.1. The fourth-order valence-corrected chi connectivity index (χ4v) is 5.59. The Hall–Kier alpha value is -1.87. The van der Waals surface area contributed by atoms with Crippen LogP contribution in [0.3, 0.4) is 0 Å². The zero-order valence-corrected chi connectivity index (χ0v) is 26.1. The molecule has 230 valence electrons. The predicted octanol–water partition coefficient (Wildman–Crippen LogP) is 7.11.